The normalized spacial score (nSPS) is 12.1. The van der Waals surface area contributed by atoms with E-state index in [4.69, 9.17) is 9.47 Å². The molecule has 0 aromatic heterocycles. The molecular formula is C13H20BrNO4S. The Hall–Kier alpha value is -0.470. The van der Waals surface area contributed by atoms with Gasteiger partial charge in [-0.25, -0.2) is 13.1 Å². The topological polar surface area (TPSA) is 64.6 Å². The first kappa shape index (κ1) is 17.6. The first-order chi connectivity index (χ1) is 9.40. The average molecular weight is 366 g/mol. The van der Waals surface area contributed by atoms with Crippen LogP contribution in [-0.2, 0) is 19.5 Å². The van der Waals surface area contributed by atoms with Crippen molar-refractivity contribution in [3.63, 3.8) is 0 Å². The number of benzene rings is 1. The van der Waals surface area contributed by atoms with Crippen molar-refractivity contribution in [2.75, 3.05) is 19.8 Å². The molecule has 0 fully saturated rings. The Morgan fingerprint density at radius 1 is 1.25 bits per heavy atom. The van der Waals surface area contributed by atoms with Gasteiger partial charge in [0.2, 0.25) is 10.0 Å². The van der Waals surface area contributed by atoms with Gasteiger partial charge in [0.15, 0.2) is 6.29 Å². The predicted octanol–water partition coefficient (Wildman–Crippen LogP) is 2.43. The van der Waals surface area contributed by atoms with Crippen molar-refractivity contribution in [1.29, 1.82) is 0 Å². The lowest BCUT2D eigenvalue weighted by Crippen LogP contribution is -2.35. The van der Waals surface area contributed by atoms with E-state index in [1.807, 2.05) is 13.8 Å². The third kappa shape index (κ3) is 5.14. The molecule has 0 aliphatic carbocycles. The van der Waals surface area contributed by atoms with Crippen LogP contribution >= 0.6 is 15.9 Å². The van der Waals surface area contributed by atoms with Gasteiger partial charge in [-0.15, -0.1) is 0 Å². The fourth-order valence-electron chi connectivity index (χ4n) is 1.66. The lowest BCUT2D eigenvalue weighted by atomic mass is 10.2. The lowest BCUT2D eigenvalue weighted by Gasteiger charge is -2.18. The van der Waals surface area contributed by atoms with Crippen molar-refractivity contribution in [2.45, 2.75) is 32.0 Å². The van der Waals surface area contributed by atoms with Crippen LogP contribution in [-0.4, -0.2) is 34.5 Å². The van der Waals surface area contributed by atoms with Crippen LogP contribution in [0.4, 0.5) is 0 Å². The van der Waals surface area contributed by atoms with Crippen LogP contribution in [0.1, 0.15) is 19.4 Å². The third-order valence-electron chi connectivity index (χ3n) is 2.58. The van der Waals surface area contributed by atoms with Gasteiger partial charge in [-0.2, -0.15) is 0 Å². The molecule has 20 heavy (non-hydrogen) atoms. The van der Waals surface area contributed by atoms with Gasteiger partial charge in [-0.05, 0) is 38.5 Å². The molecular weight excluding hydrogens is 346 g/mol. The molecule has 0 saturated carbocycles. The molecule has 0 aliphatic heterocycles. The summed E-state index contributed by atoms with van der Waals surface area (Å²) in [6.45, 7) is 6.42. The number of rotatable bonds is 8. The molecule has 0 saturated heterocycles. The Morgan fingerprint density at radius 2 is 1.85 bits per heavy atom. The van der Waals surface area contributed by atoms with E-state index < -0.39 is 16.3 Å². The van der Waals surface area contributed by atoms with Gasteiger partial charge in [0.05, 0.1) is 11.4 Å². The Kier molecular flexibility index (Phi) is 7.11. The third-order valence-corrected chi connectivity index (χ3v) is 4.64. The second-order valence-corrected chi connectivity index (χ2v) is 6.75. The number of hydrogen-bond donors (Lipinski definition) is 1. The van der Waals surface area contributed by atoms with E-state index >= 15 is 0 Å². The molecule has 5 nitrogen and oxygen atoms in total. The van der Waals surface area contributed by atoms with E-state index in [1.54, 1.807) is 25.1 Å². The molecule has 1 aromatic rings. The Labute approximate surface area is 128 Å². The maximum Gasteiger partial charge on any atom is 0.241 e. The molecule has 1 N–H and O–H groups in total. The lowest BCUT2D eigenvalue weighted by molar-refractivity contribution is -0.130. The smallest absolute Gasteiger partial charge is 0.241 e. The van der Waals surface area contributed by atoms with E-state index in [0.717, 1.165) is 4.47 Å². The summed E-state index contributed by atoms with van der Waals surface area (Å²) < 4.78 is 38.4. The number of aryl methyl sites for hydroxylation is 1. The number of ether oxygens (including phenoxy) is 2. The molecule has 7 heteroatoms. The minimum Gasteiger partial charge on any atom is -0.352 e. The Bertz CT molecular complexity index is 527. The number of sulfonamides is 1. The van der Waals surface area contributed by atoms with Gasteiger partial charge in [0, 0.05) is 17.7 Å². The summed E-state index contributed by atoms with van der Waals surface area (Å²) in [5.41, 5.74) is 0.685. The average Bonchev–Trinajstić information content (AvgIpc) is 2.39. The highest BCUT2D eigenvalue weighted by Crippen LogP contribution is 2.20. The summed E-state index contributed by atoms with van der Waals surface area (Å²) in [5, 5.41) is 0. The van der Waals surface area contributed by atoms with Gasteiger partial charge < -0.3 is 9.47 Å². The minimum atomic E-state index is -3.59. The minimum absolute atomic E-state index is 0.0793. The highest BCUT2D eigenvalue weighted by Gasteiger charge is 2.19. The second-order valence-electron chi connectivity index (χ2n) is 4.10. The van der Waals surface area contributed by atoms with E-state index in [1.165, 1.54) is 0 Å². The van der Waals surface area contributed by atoms with Crippen LogP contribution in [0.2, 0.25) is 0 Å². The maximum absolute atomic E-state index is 12.3. The van der Waals surface area contributed by atoms with Crippen molar-refractivity contribution in [1.82, 2.24) is 4.72 Å². The fourth-order valence-corrected chi connectivity index (χ4v) is 3.45. The van der Waals surface area contributed by atoms with Crippen LogP contribution < -0.4 is 4.72 Å². The van der Waals surface area contributed by atoms with E-state index in [0.29, 0.717) is 18.8 Å². The van der Waals surface area contributed by atoms with Crippen molar-refractivity contribution in [2.24, 2.45) is 0 Å². The maximum atomic E-state index is 12.3. The Morgan fingerprint density at radius 3 is 2.40 bits per heavy atom. The van der Waals surface area contributed by atoms with Crippen molar-refractivity contribution in [3.05, 3.63) is 28.2 Å². The van der Waals surface area contributed by atoms with Gasteiger partial charge in [0.1, 0.15) is 0 Å². The number of nitrogens with one attached hydrogen (secondary N) is 1. The summed E-state index contributed by atoms with van der Waals surface area (Å²) in [6, 6.07) is 5.13. The molecule has 1 aromatic carbocycles. The van der Waals surface area contributed by atoms with Gasteiger partial charge in [-0.1, -0.05) is 22.0 Å². The Balaban J connectivity index is 2.81. The van der Waals surface area contributed by atoms with Crippen molar-refractivity contribution < 1.29 is 17.9 Å². The van der Waals surface area contributed by atoms with Gasteiger partial charge in [-0.3, -0.25) is 0 Å². The largest absolute Gasteiger partial charge is 0.352 e. The van der Waals surface area contributed by atoms with Crippen LogP contribution in [0.25, 0.3) is 0 Å². The summed E-state index contributed by atoms with van der Waals surface area (Å²) in [7, 11) is -3.59. The molecule has 0 amide bonds. The second kappa shape index (κ2) is 8.09. The number of hydrogen-bond acceptors (Lipinski definition) is 4. The monoisotopic (exact) mass is 365 g/mol. The van der Waals surface area contributed by atoms with Gasteiger partial charge >= 0.3 is 0 Å². The summed E-state index contributed by atoms with van der Waals surface area (Å²) in [5.74, 6) is 0. The first-order valence-electron chi connectivity index (χ1n) is 6.39. The van der Waals surface area contributed by atoms with Crippen LogP contribution in [0, 0.1) is 6.92 Å². The molecule has 0 atom stereocenters. The summed E-state index contributed by atoms with van der Waals surface area (Å²) >= 11 is 3.28. The van der Waals surface area contributed by atoms with Crippen molar-refractivity contribution in [3.8, 4) is 0 Å². The van der Waals surface area contributed by atoms with Crippen LogP contribution in [0.5, 0.6) is 0 Å². The quantitative estimate of drug-likeness (QED) is 0.718. The van der Waals surface area contributed by atoms with E-state index in [-0.39, 0.29) is 11.4 Å². The molecule has 0 aliphatic rings. The van der Waals surface area contributed by atoms with Crippen LogP contribution in [0.3, 0.4) is 0 Å². The van der Waals surface area contributed by atoms with Crippen molar-refractivity contribution >= 4 is 26.0 Å². The number of halogens is 1. The molecule has 0 unspecified atom stereocenters. The fraction of sp³-hybridized carbons (Fsp3) is 0.538. The predicted molar refractivity (Wildman–Crippen MR) is 81.1 cm³/mol. The highest BCUT2D eigenvalue weighted by molar-refractivity contribution is 9.10. The molecule has 0 heterocycles. The summed E-state index contributed by atoms with van der Waals surface area (Å²) in [6.07, 6.45) is -0.577. The standard InChI is InChI=1S/C13H20BrNO4S/c1-4-18-13(19-5-2)9-15-20(16,17)12-8-11(14)7-6-10(12)3/h6-8,13,15H,4-5,9H2,1-3H3. The molecule has 114 valence electrons. The highest BCUT2D eigenvalue weighted by atomic mass is 79.9. The SMILES string of the molecule is CCOC(CNS(=O)(=O)c1cc(Br)ccc1C)OCC. The zero-order chi connectivity index (χ0) is 15.2. The summed E-state index contributed by atoms with van der Waals surface area (Å²) in [4.78, 5) is 0.249. The zero-order valence-electron chi connectivity index (χ0n) is 11.8. The van der Waals surface area contributed by atoms with E-state index in [2.05, 4.69) is 20.7 Å². The van der Waals surface area contributed by atoms with E-state index in [9.17, 15) is 8.42 Å². The first-order valence-corrected chi connectivity index (χ1v) is 8.67. The van der Waals surface area contributed by atoms with Gasteiger partial charge in [0.25, 0.3) is 0 Å². The molecule has 0 radical (unpaired) electrons. The zero-order valence-corrected chi connectivity index (χ0v) is 14.3. The molecule has 0 bridgehead atoms. The molecule has 1 rings (SSSR count). The van der Waals surface area contributed by atoms with Crippen LogP contribution in [0.15, 0.2) is 27.6 Å². The molecule has 0 spiro atoms.